The molecule has 0 amide bonds. The molecule has 1 aliphatic rings. The Kier molecular flexibility index (Phi) is 6.77. The molecule has 0 saturated heterocycles. The number of rotatable bonds is 3. The molecule has 2 aromatic heterocycles. The van der Waals surface area contributed by atoms with Gasteiger partial charge in [-0.15, -0.1) is 0 Å². The molecular weight excluding hydrogens is 667 g/mol. The maximum absolute atomic E-state index is 5.30. The van der Waals surface area contributed by atoms with E-state index >= 15 is 0 Å². The van der Waals surface area contributed by atoms with Crippen LogP contribution in [0.2, 0.25) is 0 Å². The SMILES string of the molecule is CC1(C)CCC(C)(C)c2cc3c(cc21)c1c2ccccc2ccc1n3-c1cccc2cc(-c3nc(-c4ccccc4)c4ccc5ccccc5c4n3)ccc12. The first-order valence-electron chi connectivity index (χ1n) is 19.5. The first kappa shape index (κ1) is 32.1. The average molecular weight is 708 g/mol. The fourth-order valence-electron chi connectivity index (χ4n) is 9.52. The van der Waals surface area contributed by atoms with Gasteiger partial charge in [0.25, 0.3) is 0 Å². The van der Waals surface area contributed by atoms with Crippen molar-refractivity contribution in [3.8, 4) is 28.3 Å². The second-order valence-electron chi connectivity index (χ2n) is 16.9. The van der Waals surface area contributed by atoms with Crippen LogP contribution < -0.4 is 0 Å². The zero-order valence-corrected chi connectivity index (χ0v) is 31.7. The molecule has 3 nitrogen and oxygen atoms in total. The molecule has 0 spiro atoms. The van der Waals surface area contributed by atoms with Crippen LogP contribution in [0.3, 0.4) is 0 Å². The molecule has 8 aromatic carbocycles. The maximum atomic E-state index is 5.30. The van der Waals surface area contributed by atoms with Crippen LogP contribution in [-0.2, 0) is 10.8 Å². The summed E-state index contributed by atoms with van der Waals surface area (Å²) in [5.74, 6) is 0.731. The van der Waals surface area contributed by atoms with Crippen molar-refractivity contribution < 1.29 is 0 Å². The normalized spacial score (nSPS) is 15.1. The summed E-state index contributed by atoms with van der Waals surface area (Å²) in [7, 11) is 0. The Morgan fingerprint density at radius 1 is 0.455 bits per heavy atom. The lowest BCUT2D eigenvalue weighted by atomic mass is 9.63. The minimum absolute atomic E-state index is 0.0971. The lowest BCUT2D eigenvalue weighted by molar-refractivity contribution is 0.332. The number of hydrogen-bond donors (Lipinski definition) is 0. The van der Waals surface area contributed by atoms with Gasteiger partial charge < -0.3 is 4.57 Å². The molecule has 0 aliphatic heterocycles. The third kappa shape index (κ3) is 4.82. The van der Waals surface area contributed by atoms with Crippen molar-refractivity contribution in [3.05, 3.63) is 163 Å². The second kappa shape index (κ2) is 11.6. The molecule has 0 saturated carbocycles. The van der Waals surface area contributed by atoms with Crippen LogP contribution >= 0.6 is 0 Å². The molecule has 1 aliphatic carbocycles. The quantitative estimate of drug-likeness (QED) is 0.171. The van der Waals surface area contributed by atoms with E-state index in [4.69, 9.17) is 9.97 Å². The van der Waals surface area contributed by atoms with E-state index in [0.717, 1.165) is 44.3 Å². The van der Waals surface area contributed by atoms with Crippen molar-refractivity contribution in [2.75, 3.05) is 0 Å². The van der Waals surface area contributed by atoms with Crippen LogP contribution in [0.25, 0.3) is 93.4 Å². The van der Waals surface area contributed by atoms with Gasteiger partial charge in [-0.25, -0.2) is 9.97 Å². The van der Waals surface area contributed by atoms with Gasteiger partial charge in [-0.1, -0.05) is 143 Å². The summed E-state index contributed by atoms with van der Waals surface area (Å²) >= 11 is 0. The molecule has 2 heterocycles. The lowest BCUT2D eigenvalue weighted by Crippen LogP contribution is -2.33. The molecule has 0 atom stereocenters. The summed E-state index contributed by atoms with van der Waals surface area (Å²) in [4.78, 5) is 10.6. The summed E-state index contributed by atoms with van der Waals surface area (Å²) in [5, 5.41) is 11.0. The highest BCUT2D eigenvalue weighted by atomic mass is 15.0. The molecule has 0 bridgehead atoms. The fraction of sp³-hybridized carbons (Fsp3) is 0.154. The Morgan fingerprint density at radius 2 is 1.11 bits per heavy atom. The standard InChI is InChI=1S/C52H41N3/c1-51(2)27-28-52(3,4)43-31-46-41(30-42(43)51)47-38-18-10-8-13-32(38)23-26-45(47)55(46)44-20-12-17-35-29-36(22-24-37(35)44)50-53-48(34-15-6-5-7-16-34)40-25-21-33-14-9-11-19-39(33)49(40)54-50/h5-26,29-31H,27-28H2,1-4H3. The van der Waals surface area contributed by atoms with Crippen LogP contribution in [0.4, 0.5) is 0 Å². The number of benzene rings is 8. The minimum Gasteiger partial charge on any atom is -0.309 e. The topological polar surface area (TPSA) is 30.7 Å². The Bertz CT molecular complexity index is 3200. The van der Waals surface area contributed by atoms with Gasteiger partial charge in [0, 0.05) is 38.1 Å². The molecule has 55 heavy (non-hydrogen) atoms. The zero-order chi connectivity index (χ0) is 37.1. The number of aromatic nitrogens is 3. The summed E-state index contributed by atoms with van der Waals surface area (Å²) in [6.45, 7) is 9.71. The number of hydrogen-bond acceptors (Lipinski definition) is 2. The van der Waals surface area contributed by atoms with Gasteiger partial charge in [0.05, 0.1) is 27.9 Å². The van der Waals surface area contributed by atoms with Gasteiger partial charge in [0.2, 0.25) is 0 Å². The van der Waals surface area contributed by atoms with Crippen molar-refractivity contribution in [2.45, 2.75) is 51.4 Å². The highest BCUT2D eigenvalue weighted by molar-refractivity contribution is 6.22. The zero-order valence-electron chi connectivity index (χ0n) is 31.7. The van der Waals surface area contributed by atoms with Gasteiger partial charge in [0.15, 0.2) is 5.82 Å². The van der Waals surface area contributed by atoms with E-state index in [1.807, 2.05) is 0 Å². The molecule has 0 fully saturated rings. The van der Waals surface area contributed by atoms with Gasteiger partial charge in [-0.2, -0.15) is 0 Å². The number of nitrogens with zero attached hydrogens (tertiary/aromatic N) is 3. The van der Waals surface area contributed by atoms with E-state index < -0.39 is 0 Å². The Labute approximate surface area is 320 Å². The Morgan fingerprint density at radius 3 is 1.91 bits per heavy atom. The summed E-state index contributed by atoms with van der Waals surface area (Å²) in [6, 6.07) is 55.4. The third-order valence-corrected chi connectivity index (χ3v) is 12.6. The molecule has 0 radical (unpaired) electrons. The van der Waals surface area contributed by atoms with Gasteiger partial charge in [-0.3, -0.25) is 0 Å². The van der Waals surface area contributed by atoms with Crippen molar-refractivity contribution in [3.63, 3.8) is 0 Å². The molecule has 3 heteroatoms. The van der Waals surface area contributed by atoms with E-state index in [0.29, 0.717) is 0 Å². The van der Waals surface area contributed by atoms with Crippen LogP contribution in [0.15, 0.2) is 152 Å². The Hall–Kier alpha value is -6.32. The average Bonchev–Trinajstić information content (AvgIpc) is 3.55. The predicted octanol–water partition coefficient (Wildman–Crippen LogP) is 13.9. The molecule has 0 unspecified atom stereocenters. The smallest absolute Gasteiger partial charge is 0.160 e. The van der Waals surface area contributed by atoms with Crippen molar-refractivity contribution in [2.24, 2.45) is 0 Å². The van der Waals surface area contributed by atoms with Crippen LogP contribution in [0.1, 0.15) is 51.7 Å². The van der Waals surface area contributed by atoms with E-state index in [-0.39, 0.29) is 10.8 Å². The first-order chi connectivity index (χ1) is 26.7. The Balaban J connectivity index is 1.17. The van der Waals surface area contributed by atoms with Gasteiger partial charge in [0.1, 0.15) is 0 Å². The van der Waals surface area contributed by atoms with E-state index in [2.05, 4.69) is 184 Å². The summed E-state index contributed by atoms with van der Waals surface area (Å²) < 4.78 is 2.53. The molecular formula is C52H41N3. The highest BCUT2D eigenvalue weighted by Crippen LogP contribution is 2.49. The summed E-state index contributed by atoms with van der Waals surface area (Å²) in [6.07, 6.45) is 2.37. The molecule has 10 aromatic rings. The lowest BCUT2D eigenvalue weighted by Gasteiger charge is -2.42. The predicted molar refractivity (Wildman–Crippen MR) is 233 cm³/mol. The maximum Gasteiger partial charge on any atom is 0.160 e. The minimum atomic E-state index is 0.0971. The second-order valence-corrected chi connectivity index (χ2v) is 16.9. The van der Waals surface area contributed by atoms with Crippen LogP contribution in [-0.4, -0.2) is 14.5 Å². The van der Waals surface area contributed by atoms with Crippen molar-refractivity contribution >= 4 is 65.0 Å². The van der Waals surface area contributed by atoms with E-state index in [1.165, 1.54) is 73.0 Å². The number of fused-ring (bicyclic) bond motifs is 10. The van der Waals surface area contributed by atoms with Gasteiger partial charge in [-0.05, 0) is 92.7 Å². The van der Waals surface area contributed by atoms with E-state index in [9.17, 15) is 0 Å². The van der Waals surface area contributed by atoms with E-state index in [1.54, 1.807) is 0 Å². The third-order valence-electron chi connectivity index (χ3n) is 12.6. The van der Waals surface area contributed by atoms with Crippen molar-refractivity contribution in [1.82, 2.24) is 14.5 Å². The first-order valence-corrected chi connectivity index (χ1v) is 19.5. The monoisotopic (exact) mass is 707 g/mol. The fourth-order valence-corrected chi connectivity index (χ4v) is 9.52. The molecule has 0 N–H and O–H groups in total. The largest absolute Gasteiger partial charge is 0.309 e. The molecule has 11 rings (SSSR count). The summed E-state index contributed by atoms with van der Waals surface area (Å²) in [5.41, 5.74) is 10.9. The van der Waals surface area contributed by atoms with Crippen molar-refractivity contribution in [1.29, 1.82) is 0 Å². The highest BCUT2D eigenvalue weighted by Gasteiger charge is 2.38. The molecule has 264 valence electrons. The van der Waals surface area contributed by atoms with Gasteiger partial charge >= 0.3 is 0 Å². The van der Waals surface area contributed by atoms with Crippen LogP contribution in [0, 0.1) is 0 Å². The van der Waals surface area contributed by atoms with Crippen LogP contribution in [0.5, 0.6) is 0 Å².